The van der Waals surface area contributed by atoms with Gasteiger partial charge < -0.3 is 5.11 Å². The highest BCUT2D eigenvalue weighted by Crippen LogP contribution is 2.37. The number of aliphatic hydroxyl groups is 1. The predicted octanol–water partition coefficient (Wildman–Crippen LogP) is 2.47. The first kappa shape index (κ1) is 19.2. The number of aliphatic hydroxyl groups excluding tert-OH is 1. The number of piperidine rings is 1. The van der Waals surface area contributed by atoms with Crippen molar-refractivity contribution in [3.05, 3.63) is 48.2 Å². The Kier molecular flexibility index (Phi) is 5.91. The summed E-state index contributed by atoms with van der Waals surface area (Å²) >= 11 is 1.34. The molecule has 0 saturated carbocycles. The van der Waals surface area contributed by atoms with Gasteiger partial charge in [-0.05, 0) is 43.0 Å². The molecule has 0 bridgehead atoms. The molecule has 1 saturated heterocycles. The third kappa shape index (κ3) is 4.59. The van der Waals surface area contributed by atoms with E-state index >= 15 is 0 Å². The number of sulfonamides is 1. The Bertz CT molecular complexity index is 854. The Labute approximate surface area is 156 Å². The molecule has 1 unspecified atom stereocenters. The second kappa shape index (κ2) is 7.99. The fraction of sp³-hybridized carbons (Fsp3) is 0.412. The zero-order valence-corrected chi connectivity index (χ0v) is 15.9. The quantitative estimate of drug-likeness (QED) is 0.781. The third-order valence-corrected chi connectivity index (χ3v) is 6.81. The maximum atomic E-state index is 13.1. The van der Waals surface area contributed by atoms with Crippen LogP contribution in [0.5, 0.6) is 0 Å². The van der Waals surface area contributed by atoms with Crippen molar-refractivity contribution in [1.82, 2.24) is 14.3 Å². The fourth-order valence-electron chi connectivity index (χ4n) is 3.01. The van der Waals surface area contributed by atoms with Gasteiger partial charge in [-0.15, -0.1) is 0 Å². The third-order valence-electron chi connectivity index (χ3n) is 4.46. The van der Waals surface area contributed by atoms with Gasteiger partial charge >= 0.3 is 0 Å². The molecule has 0 amide bonds. The second-order valence-corrected chi connectivity index (χ2v) is 9.33. The van der Waals surface area contributed by atoms with Gasteiger partial charge in [0.15, 0.2) is 0 Å². The lowest BCUT2D eigenvalue weighted by Gasteiger charge is -2.33. The lowest BCUT2D eigenvalue weighted by Crippen LogP contribution is -2.39. The average Bonchev–Trinajstić information content (AvgIpc) is 2.63. The summed E-state index contributed by atoms with van der Waals surface area (Å²) in [5, 5.41) is 11.4. The lowest BCUT2D eigenvalue weighted by molar-refractivity contribution is 0.0732. The van der Waals surface area contributed by atoms with E-state index < -0.39 is 16.1 Å². The summed E-state index contributed by atoms with van der Waals surface area (Å²) in [6.07, 6.45) is 4.57. The number of halogens is 1. The van der Waals surface area contributed by atoms with E-state index in [2.05, 4.69) is 9.97 Å². The molecule has 1 aliphatic heterocycles. The van der Waals surface area contributed by atoms with Gasteiger partial charge in [-0.25, -0.2) is 27.1 Å². The molecule has 26 heavy (non-hydrogen) atoms. The summed E-state index contributed by atoms with van der Waals surface area (Å²) < 4.78 is 37.8. The number of rotatable bonds is 5. The average molecular weight is 397 g/mol. The van der Waals surface area contributed by atoms with Crippen molar-refractivity contribution < 1.29 is 17.9 Å². The van der Waals surface area contributed by atoms with Gasteiger partial charge in [0.2, 0.25) is 10.0 Å². The Morgan fingerprint density at radius 2 is 1.92 bits per heavy atom. The first-order chi connectivity index (χ1) is 12.3. The maximum Gasteiger partial charge on any atom is 0.211 e. The second-order valence-electron chi connectivity index (χ2n) is 6.28. The maximum absolute atomic E-state index is 13.1. The first-order valence-corrected chi connectivity index (χ1v) is 10.9. The molecule has 1 N–H and O–H groups in total. The number of benzene rings is 1. The minimum absolute atomic E-state index is 0.0634. The molecule has 0 aliphatic carbocycles. The minimum Gasteiger partial charge on any atom is -0.388 e. The molecule has 140 valence electrons. The van der Waals surface area contributed by atoms with E-state index in [1.165, 1.54) is 40.8 Å². The van der Waals surface area contributed by atoms with Crippen LogP contribution in [0.3, 0.4) is 0 Å². The zero-order valence-electron chi connectivity index (χ0n) is 14.2. The molecule has 0 radical (unpaired) electrons. The predicted molar refractivity (Wildman–Crippen MR) is 96.7 cm³/mol. The van der Waals surface area contributed by atoms with Crippen LogP contribution in [-0.4, -0.2) is 47.1 Å². The van der Waals surface area contributed by atoms with Crippen LogP contribution in [0.4, 0.5) is 4.39 Å². The topological polar surface area (TPSA) is 83.4 Å². The van der Waals surface area contributed by atoms with Gasteiger partial charge in [0.1, 0.15) is 17.2 Å². The normalized spacial score (nSPS) is 18.0. The van der Waals surface area contributed by atoms with Gasteiger partial charge in [-0.3, -0.25) is 0 Å². The summed E-state index contributed by atoms with van der Waals surface area (Å²) in [5.41, 5.74) is 0.611. The van der Waals surface area contributed by atoms with Gasteiger partial charge in [-0.1, -0.05) is 11.8 Å². The van der Waals surface area contributed by atoms with E-state index in [1.807, 2.05) is 0 Å². The molecular formula is C17H20FN3O3S2. The molecule has 3 rings (SSSR count). The molecular weight excluding hydrogens is 377 g/mol. The van der Waals surface area contributed by atoms with Crippen molar-refractivity contribution in [3.63, 3.8) is 0 Å². The largest absolute Gasteiger partial charge is 0.388 e. The van der Waals surface area contributed by atoms with E-state index in [9.17, 15) is 17.9 Å². The van der Waals surface area contributed by atoms with Gasteiger partial charge in [0.05, 0.1) is 12.4 Å². The fourth-order valence-corrected chi connectivity index (χ4v) is 4.77. The van der Waals surface area contributed by atoms with Crippen LogP contribution in [-0.2, 0) is 10.0 Å². The zero-order chi connectivity index (χ0) is 18.7. The first-order valence-electron chi connectivity index (χ1n) is 8.21. The summed E-state index contributed by atoms with van der Waals surface area (Å²) in [6.45, 7) is 0.795. The van der Waals surface area contributed by atoms with Crippen LogP contribution in [0.25, 0.3) is 0 Å². The van der Waals surface area contributed by atoms with Crippen molar-refractivity contribution in [2.75, 3.05) is 19.3 Å². The number of hydrogen-bond donors (Lipinski definition) is 1. The number of nitrogens with zero attached hydrogens (tertiary/aromatic N) is 3. The summed E-state index contributed by atoms with van der Waals surface area (Å²) in [5.74, 6) is -0.374. The molecule has 1 aromatic carbocycles. The Hall–Kier alpha value is -1.55. The van der Waals surface area contributed by atoms with Gasteiger partial charge in [-0.2, -0.15) is 0 Å². The molecule has 2 aromatic rings. The molecule has 6 nitrogen and oxygen atoms in total. The standard InChI is InChI=1S/C17H20FN3O3S2/c1-26(23,24)21-8-6-12(7-9-21)16(22)15-10-19-11-20-17(15)25-14-4-2-13(18)3-5-14/h2-5,10-12,16,22H,6-9H2,1H3. The van der Waals surface area contributed by atoms with Crippen molar-refractivity contribution in [3.8, 4) is 0 Å². The summed E-state index contributed by atoms with van der Waals surface area (Å²) in [6, 6.07) is 6.06. The Balaban J connectivity index is 1.74. The molecule has 0 spiro atoms. The molecule has 1 atom stereocenters. The van der Waals surface area contributed by atoms with Gasteiger partial charge in [0.25, 0.3) is 0 Å². The van der Waals surface area contributed by atoms with E-state index in [1.54, 1.807) is 18.3 Å². The summed E-state index contributed by atoms with van der Waals surface area (Å²) in [4.78, 5) is 9.09. The van der Waals surface area contributed by atoms with Crippen molar-refractivity contribution in [2.45, 2.75) is 28.9 Å². The van der Waals surface area contributed by atoms with E-state index in [-0.39, 0.29) is 11.7 Å². The Morgan fingerprint density at radius 3 is 2.54 bits per heavy atom. The van der Waals surface area contributed by atoms with Crippen LogP contribution >= 0.6 is 11.8 Å². The van der Waals surface area contributed by atoms with E-state index in [0.29, 0.717) is 36.5 Å². The van der Waals surface area contributed by atoms with Crippen molar-refractivity contribution in [2.24, 2.45) is 5.92 Å². The number of hydrogen-bond acceptors (Lipinski definition) is 6. The highest BCUT2D eigenvalue weighted by Gasteiger charge is 2.31. The van der Waals surface area contributed by atoms with E-state index in [4.69, 9.17) is 0 Å². The SMILES string of the molecule is CS(=O)(=O)N1CCC(C(O)c2cncnc2Sc2ccc(F)cc2)CC1. The minimum atomic E-state index is -3.20. The van der Waals surface area contributed by atoms with Gasteiger partial charge in [0, 0.05) is 29.7 Å². The molecule has 1 fully saturated rings. The summed E-state index contributed by atoms with van der Waals surface area (Å²) in [7, 11) is -3.20. The van der Waals surface area contributed by atoms with Crippen LogP contribution in [0.1, 0.15) is 24.5 Å². The van der Waals surface area contributed by atoms with Crippen LogP contribution in [0.15, 0.2) is 46.7 Å². The lowest BCUT2D eigenvalue weighted by atomic mass is 9.89. The highest BCUT2D eigenvalue weighted by atomic mass is 32.2. The van der Waals surface area contributed by atoms with E-state index in [0.717, 1.165) is 4.90 Å². The number of aromatic nitrogens is 2. The van der Waals surface area contributed by atoms with Crippen molar-refractivity contribution >= 4 is 21.8 Å². The van der Waals surface area contributed by atoms with Crippen molar-refractivity contribution in [1.29, 1.82) is 0 Å². The highest BCUT2D eigenvalue weighted by molar-refractivity contribution is 7.99. The Morgan fingerprint density at radius 1 is 1.27 bits per heavy atom. The van der Waals surface area contributed by atoms with Crippen LogP contribution in [0, 0.1) is 11.7 Å². The monoisotopic (exact) mass is 397 g/mol. The van der Waals surface area contributed by atoms with Crippen LogP contribution < -0.4 is 0 Å². The molecule has 1 aromatic heterocycles. The van der Waals surface area contributed by atoms with Crippen LogP contribution in [0.2, 0.25) is 0 Å². The molecule has 1 aliphatic rings. The smallest absolute Gasteiger partial charge is 0.211 e. The molecule has 2 heterocycles. The molecule has 9 heteroatoms.